The molecule has 0 radical (unpaired) electrons. The molecule has 22 heavy (non-hydrogen) atoms. The predicted octanol–water partition coefficient (Wildman–Crippen LogP) is 3.38. The number of aromatic hydroxyl groups is 1. The van der Waals surface area contributed by atoms with Crippen LogP contribution in [0.5, 0.6) is 5.75 Å². The van der Waals surface area contributed by atoms with Crippen LogP contribution in [-0.4, -0.2) is 10.1 Å². The van der Waals surface area contributed by atoms with Crippen molar-refractivity contribution in [2.24, 2.45) is 0 Å². The smallest absolute Gasteiger partial charge is 0.196 e. The number of benzene rings is 1. The molecule has 1 N–H and O–H groups in total. The summed E-state index contributed by atoms with van der Waals surface area (Å²) < 4.78 is 5.93. The number of aromatic nitrogens is 1. The van der Waals surface area contributed by atoms with Gasteiger partial charge in [0.15, 0.2) is 5.43 Å². The highest BCUT2D eigenvalue weighted by Gasteiger charge is 2.23. The second-order valence-electron chi connectivity index (χ2n) is 5.38. The number of phenols is 1. The molecule has 3 aromatic rings. The summed E-state index contributed by atoms with van der Waals surface area (Å²) in [5.74, 6) is 0.732. The minimum atomic E-state index is -0.0539. The number of fused-ring (bicyclic) bond motifs is 2. The van der Waals surface area contributed by atoms with Crippen molar-refractivity contribution >= 4 is 22.6 Å². The molecule has 1 aliphatic carbocycles. The molecule has 4 nitrogen and oxygen atoms in total. The number of phenolic OH excluding ortho intramolecular Hbond substituents is 1. The number of rotatable bonds is 1. The molecule has 0 aliphatic heterocycles. The normalized spacial score (nSPS) is 15.4. The van der Waals surface area contributed by atoms with E-state index in [-0.39, 0.29) is 11.2 Å². The summed E-state index contributed by atoms with van der Waals surface area (Å²) in [6.45, 7) is 0. The van der Waals surface area contributed by atoms with Gasteiger partial charge in [-0.3, -0.25) is 9.78 Å². The first-order valence-corrected chi connectivity index (χ1v) is 7.12. The van der Waals surface area contributed by atoms with Crippen LogP contribution in [0.25, 0.3) is 22.6 Å². The molecule has 108 valence electrons. The van der Waals surface area contributed by atoms with Crippen LogP contribution in [0.3, 0.4) is 0 Å². The van der Waals surface area contributed by atoms with E-state index in [0.29, 0.717) is 28.7 Å². The Hall–Kier alpha value is -2.88. The van der Waals surface area contributed by atoms with Gasteiger partial charge in [-0.15, -0.1) is 0 Å². The highest BCUT2D eigenvalue weighted by atomic mass is 16.3. The lowest BCUT2D eigenvalue weighted by Gasteiger charge is -2.04. The first-order valence-electron chi connectivity index (χ1n) is 7.12. The van der Waals surface area contributed by atoms with Crippen LogP contribution in [0.15, 0.2) is 51.9 Å². The van der Waals surface area contributed by atoms with E-state index >= 15 is 0 Å². The van der Waals surface area contributed by atoms with Crippen LogP contribution < -0.4 is 5.43 Å². The van der Waals surface area contributed by atoms with Crippen molar-refractivity contribution in [2.45, 2.75) is 12.8 Å². The molecule has 0 fully saturated rings. The number of nitrogens with zero attached hydrogens (tertiary/aromatic N) is 1. The minimum absolute atomic E-state index is 0.0539. The second kappa shape index (κ2) is 4.84. The molecule has 0 bridgehead atoms. The molecule has 2 aromatic heterocycles. The van der Waals surface area contributed by atoms with Crippen LogP contribution in [0.1, 0.15) is 23.3 Å². The lowest BCUT2D eigenvalue weighted by atomic mass is 10.1. The maximum atomic E-state index is 12.6. The van der Waals surface area contributed by atoms with Crippen LogP contribution in [0, 0.1) is 0 Å². The summed E-state index contributed by atoms with van der Waals surface area (Å²) in [5.41, 5.74) is 3.13. The lowest BCUT2D eigenvalue weighted by molar-refractivity contribution is 0.475. The summed E-state index contributed by atoms with van der Waals surface area (Å²) in [7, 11) is 0. The molecule has 0 atom stereocenters. The van der Waals surface area contributed by atoms with Crippen LogP contribution >= 0.6 is 0 Å². The molecular formula is C18H13NO3. The zero-order chi connectivity index (χ0) is 15.1. The molecule has 0 unspecified atom stereocenters. The Labute approximate surface area is 126 Å². The third kappa shape index (κ3) is 2.00. The largest absolute Gasteiger partial charge is 0.508 e. The summed E-state index contributed by atoms with van der Waals surface area (Å²) in [6.07, 6.45) is 6.95. The van der Waals surface area contributed by atoms with Crippen LogP contribution in [-0.2, 0) is 6.42 Å². The average Bonchev–Trinajstić information content (AvgIpc) is 2.93. The Balaban J connectivity index is 1.92. The van der Waals surface area contributed by atoms with E-state index in [1.54, 1.807) is 18.5 Å². The van der Waals surface area contributed by atoms with Gasteiger partial charge < -0.3 is 9.52 Å². The van der Waals surface area contributed by atoms with Crippen molar-refractivity contribution < 1.29 is 9.52 Å². The number of hydrogen-bond donors (Lipinski definition) is 1. The fraction of sp³-hybridized carbons (Fsp3) is 0.111. The fourth-order valence-electron chi connectivity index (χ4n) is 2.88. The van der Waals surface area contributed by atoms with Gasteiger partial charge in [0.05, 0.1) is 5.39 Å². The van der Waals surface area contributed by atoms with Crippen molar-refractivity contribution in [3.63, 3.8) is 0 Å². The van der Waals surface area contributed by atoms with Crippen molar-refractivity contribution in [3.05, 3.63) is 69.8 Å². The summed E-state index contributed by atoms with van der Waals surface area (Å²) in [4.78, 5) is 16.7. The zero-order valence-electron chi connectivity index (χ0n) is 11.7. The lowest BCUT2D eigenvalue weighted by Crippen LogP contribution is -2.08. The molecule has 1 aromatic carbocycles. The Morgan fingerprint density at radius 1 is 1.23 bits per heavy atom. The van der Waals surface area contributed by atoms with Gasteiger partial charge in [-0.25, -0.2) is 0 Å². The maximum Gasteiger partial charge on any atom is 0.196 e. The Kier molecular flexibility index (Phi) is 2.82. The molecule has 0 saturated heterocycles. The summed E-state index contributed by atoms with van der Waals surface area (Å²) in [6, 6.07) is 8.46. The minimum Gasteiger partial charge on any atom is -0.508 e. The second-order valence-corrected chi connectivity index (χ2v) is 5.38. The summed E-state index contributed by atoms with van der Waals surface area (Å²) in [5, 5.41) is 9.98. The molecule has 4 heteroatoms. The SMILES string of the molecule is O=c1c2c(oc3ccc(O)cc13)/C(=C/c1cccnc1)CC2. The predicted molar refractivity (Wildman–Crippen MR) is 84.6 cm³/mol. The van der Waals surface area contributed by atoms with Crippen molar-refractivity contribution in [3.8, 4) is 5.75 Å². The summed E-state index contributed by atoms with van der Waals surface area (Å²) >= 11 is 0. The third-order valence-electron chi connectivity index (χ3n) is 3.93. The quantitative estimate of drug-likeness (QED) is 0.746. The topological polar surface area (TPSA) is 63.3 Å². The van der Waals surface area contributed by atoms with Gasteiger partial charge in [-0.05, 0) is 54.3 Å². The molecule has 0 amide bonds. The molecule has 1 aliphatic rings. The molecular weight excluding hydrogens is 278 g/mol. The van der Waals surface area contributed by atoms with Gasteiger partial charge in [-0.1, -0.05) is 6.07 Å². The maximum absolute atomic E-state index is 12.6. The van der Waals surface area contributed by atoms with E-state index in [2.05, 4.69) is 4.98 Å². The molecule has 2 heterocycles. The van der Waals surface area contributed by atoms with Crippen LogP contribution in [0.2, 0.25) is 0 Å². The van der Waals surface area contributed by atoms with E-state index in [4.69, 9.17) is 4.42 Å². The number of pyridine rings is 1. The van der Waals surface area contributed by atoms with Crippen LogP contribution in [0.4, 0.5) is 0 Å². The van der Waals surface area contributed by atoms with E-state index < -0.39 is 0 Å². The zero-order valence-corrected chi connectivity index (χ0v) is 11.7. The van der Waals surface area contributed by atoms with Gasteiger partial charge in [0.1, 0.15) is 17.1 Å². The monoisotopic (exact) mass is 291 g/mol. The fourth-order valence-corrected chi connectivity index (χ4v) is 2.88. The van der Waals surface area contributed by atoms with Gasteiger partial charge in [0.2, 0.25) is 0 Å². The van der Waals surface area contributed by atoms with E-state index in [0.717, 1.165) is 17.6 Å². The molecule has 0 spiro atoms. The standard InChI is InChI=1S/C18H13NO3/c20-13-4-6-16-15(9-13)17(21)14-5-3-12(18(14)22-16)8-11-2-1-7-19-10-11/h1-2,4,6-10,20H,3,5H2/b12-8+. The third-order valence-corrected chi connectivity index (χ3v) is 3.93. The first kappa shape index (κ1) is 12.8. The van der Waals surface area contributed by atoms with Crippen molar-refractivity contribution in [2.75, 3.05) is 0 Å². The highest BCUT2D eigenvalue weighted by Crippen LogP contribution is 2.34. The number of allylic oxidation sites excluding steroid dienone is 1. The Morgan fingerprint density at radius 2 is 2.14 bits per heavy atom. The Morgan fingerprint density at radius 3 is 2.95 bits per heavy atom. The van der Waals surface area contributed by atoms with Crippen molar-refractivity contribution in [1.82, 2.24) is 4.98 Å². The Bertz CT molecular complexity index is 955. The first-order chi connectivity index (χ1) is 10.7. The van der Waals surface area contributed by atoms with Gasteiger partial charge >= 0.3 is 0 Å². The van der Waals surface area contributed by atoms with E-state index in [1.165, 1.54) is 12.1 Å². The van der Waals surface area contributed by atoms with Crippen molar-refractivity contribution in [1.29, 1.82) is 0 Å². The average molecular weight is 291 g/mol. The van der Waals surface area contributed by atoms with Gasteiger partial charge in [0, 0.05) is 18.0 Å². The van der Waals surface area contributed by atoms with E-state index in [9.17, 15) is 9.90 Å². The molecule has 4 rings (SSSR count). The highest BCUT2D eigenvalue weighted by molar-refractivity contribution is 5.87. The van der Waals surface area contributed by atoms with E-state index in [1.807, 2.05) is 18.2 Å². The molecule has 0 saturated carbocycles. The van der Waals surface area contributed by atoms with Gasteiger partial charge in [-0.2, -0.15) is 0 Å². The van der Waals surface area contributed by atoms with Gasteiger partial charge in [0.25, 0.3) is 0 Å². The number of hydrogen-bond acceptors (Lipinski definition) is 4.